The summed E-state index contributed by atoms with van der Waals surface area (Å²) in [6.45, 7) is 4.71. The minimum absolute atomic E-state index is 0.154. The van der Waals surface area contributed by atoms with Gasteiger partial charge in [0.05, 0.1) is 12.2 Å². The molecule has 28 heavy (non-hydrogen) atoms. The molecule has 0 fully saturated rings. The molecule has 0 unspecified atom stereocenters. The number of halogens is 1. The lowest BCUT2D eigenvalue weighted by Gasteiger charge is -2.21. The van der Waals surface area contributed by atoms with Gasteiger partial charge < -0.3 is 14.8 Å². The summed E-state index contributed by atoms with van der Waals surface area (Å²) in [4.78, 5) is 17.0. The van der Waals surface area contributed by atoms with E-state index in [0.29, 0.717) is 36.4 Å². The quantitative estimate of drug-likeness (QED) is 0.710. The molecule has 0 bridgehead atoms. The summed E-state index contributed by atoms with van der Waals surface area (Å²) < 4.78 is 26.5. The number of nitrogens with zero attached hydrogens (tertiary/aromatic N) is 2. The van der Waals surface area contributed by atoms with Crippen LogP contribution >= 0.6 is 11.3 Å². The Morgan fingerprint density at radius 1 is 1.36 bits per heavy atom. The van der Waals surface area contributed by atoms with Gasteiger partial charge in [0.2, 0.25) is 0 Å². The van der Waals surface area contributed by atoms with Crippen molar-refractivity contribution in [3.05, 3.63) is 63.7 Å². The Bertz CT molecular complexity index is 1010. The second kappa shape index (κ2) is 7.73. The van der Waals surface area contributed by atoms with E-state index in [1.807, 2.05) is 29.9 Å². The van der Waals surface area contributed by atoms with Gasteiger partial charge in [-0.3, -0.25) is 9.36 Å². The maximum atomic E-state index is 13.8. The zero-order chi connectivity index (χ0) is 19.7. The highest BCUT2D eigenvalue weighted by Crippen LogP contribution is 2.29. The summed E-state index contributed by atoms with van der Waals surface area (Å²) in [6.07, 6.45) is 2.21. The SMILES string of the molecule is Cc1cc(C(=O)NCCc2cc(F)cc3c2OCOC3)c(C)n1-c1nccs1. The van der Waals surface area contributed by atoms with E-state index in [1.54, 1.807) is 6.20 Å². The molecule has 1 aromatic carbocycles. The van der Waals surface area contributed by atoms with Gasteiger partial charge in [-0.25, -0.2) is 9.37 Å². The van der Waals surface area contributed by atoms with Gasteiger partial charge in [0.1, 0.15) is 11.6 Å². The highest BCUT2D eigenvalue weighted by atomic mass is 32.1. The Balaban J connectivity index is 1.46. The standard InChI is InChI=1S/C20H20FN3O3S/c1-12-7-17(13(2)24(12)20-23-5-6-28-20)19(25)22-4-3-14-8-16(21)9-15-10-26-11-27-18(14)15/h5-9H,3-4,10-11H2,1-2H3,(H,22,25). The molecule has 146 valence electrons. The Kier molecular flexibility index (Phi) is 5.15. The number of rotatable bonds is 5. The summed E-state index contributed by atoms with van der Waals surface area (Å²) >= 11 is 1.52. The number of benzene rings is 1. The Hall–Kier alpha value is -2.71. The van der Waals surface area contributed by atoms with E-state index >= 15 is 0 Å². The lowest BCUT2D eigenvalue weighted by Crippen LogP contribution is -2.26. The number of hydrogen-bond donors (Lipinski definition) is 1. The lowest BCUT2D eigenvalue weighted by molar-refractivity contribution is -0.0172. The van der Waals surface area contributed by atoms with E-state index in [9.17, 15) is 9.18 Å². The molecule has 3 heterocycles. The van der Waals surface area contributed by atoms with Crippen LogP contribution in [0.5, 0.6) is 5.75 Å². The highest BCUT2D eigenvalue weighted by molar-refractivity contribution is 7.12. The van der Waals surface area contributed by atoms with Crippen molar-refractivity contribution in [2.45, 2.75) is 26.9 Å². The van der Waals surface area contributed by atoms with Crippen LogP contribution in [0.1, 0.15) is 32.9 Å². The van der Waals surface area contributed by atoms with Gasteiger partial charge in [-0.15, -0.1) is 11.3 Å². The van der Waals surface area contributed by atoms with Gasteiger partial charge >= 0.3 is 0 Å². The van der Waals surface area contributed by atoms with Gasteiger partial charge in [0.25, 0.3) is 5.91 Å². The number of carbonyl (C=O) groups excluding carboxylic acids is 1. The number of aryl methyl sites for hydroxylation is 1. The largest absolute Gasteiger partial charge is 0.467 e. The lowest BCUT2D eigenvalue weighted by atomic mass is 10.1. The van der Waals surface area contributed by atoms with Crippen LogP contribution in [-0.4, -0.2) is 28.8 Å². The fourth-order valence-corrected chi connectivity index (χ4v) is 4.21. The van der Waals surface area contributed by atoms with Crippen molar-refractivity contribution in [1.82, 2.24) is 14.9 Å². The third-order valence-electron chi connectivity index (χ3n) is 4.72. The maximum Gasteiger partial charge on any atom is 0.253 e. The van der Waals surface area contributed by atoms with Crippen molar-refractivity contribution in [3.8, 4) is 10.9 Å². The normalized spacial score (nSPS) is 13.1. The highest BCUT2D eigenvalue weighted by Gasteiger charge is 2.19. The van der Waals surface area contributed by atoms with Crippen LogP contribution in [0.25, 0.3) is 5.13 Å². The Morgan fingerprint density at radius 2 is 2.21 bits per heavy atom. The Labute approximate surface area is 165 Å². The average Bonchev–Trinajstić information content (AvgIpc) is 3.29. The first-order valence-electron chi connectivity index (χ1n) is 8.93. The molecule has 0 aliphatic carbocycles. The fourth-order valence-electron chi connectivity index (χ4n) is 3.46. The van der Waals surface area contributed by atoms with Crippen molar-refractivity contribution < 1.29 is 18.7 Å². The number of hydrogen-bond acceptors (Lipinski definition) is 5. The van der Waals surface area contributed by atoms with Gasteiger partial charge in [-0.05, 0) is 44.0 Å². The number of amides is 1. The third-order valence-corrected chi connectivity index (χ3v) is 5.47. The molecule has 3 aromatic rings. The van der Waals surface area contributed by atoms with Gasteiger partial charge in [-0.1, -0.05) is 0 Å². The van der Waals surface area contributed by atoms with Crippen LogP contribution in [0.2, 0.25) is 0 Å². The van der Waals surface area contributed by atoms with Crippen molar-refractivity contribution in [2.24, 2.45) is 0 Å². The first-order valence-corrected chi connectivity index (χ1v) is 9.81. The molecule has 0 radical (unpaired) electrons. The second-order valence-corrected chi connectivity index (χ2v) is 7.48. The van der Waals surface area contributed by atoms with Gasteiger partial charge in [0, 0.05) is 35.1 Å². The topological polar surface area (TPSA) is 65.4 Å². The van der Waals surface area contributed by atoms with Crippen molar-refractivity contribution in [1.29, 1.82) is 0 Å². The molecule has 2 aromatic heterocycles. The molecule has 1 aliphatic heterocycles. The van der Waals surface area contributed by atoms with Crippen LogP contribution in [-0.2, 0) is 17.8 Å². The second-order valence-electron chi connectivity index (χ2n) is 6.60. The van der Waals surface area contributed by atoms with E-state index in [-0.39, 0.29) is 18.5 Å². The van der Waals surface area contributed by atoms with Crippen LogP contribution < -0.4 is 10.1 Å². The first-order chi connectivity index (χ1) is 13.5. The summed E-state index contributed by atoms with van der Waals surface area (Å²) in [7, 11) is 0. The summed E-state index contributed by atoms with van der Waals surface area (Å²) in [6, 6.07) is 4.73. The van der Waals surface area contributed by atoms with E-state index < -0.39 is 0 Å². The molecular weight excluding hydrogens is 381 g/mol. The van der Waals surface area contributed by atoms with Crippen molar-refractivity contribution >= 4 is 17.2 Å². The molecule has 8 heteroatoms. The number of nitrogens with one attached hydrogen (secondary N) is 1. The van der Waals surface area contributed by atoms with E-state index in [1.165, 1.54) is 23.5 Å². The zero-order valence-corrected chi connectivity index (χ0v) is 16.4. The van der Waals surface area contributed by atoms with Gasteiger partial charge in [0.15, 0.2) is 11.9 Å². The summed E-state index contributed by atoms with van der Waals surface area (Å²) in [5, 5.41) is 5.66. The van der Waals surface area contributed by atoms with Crippen LogP contribution in [0.3, 0.4) is 0 Å². The van der Waals surface area contributed by atoms with E-state index in [4.69, 9.17) is 9.47 Å². The molecule has 0 saturated heterocycles. The predicted molar refractivity (Wildman–Crippen MR) is 104 cm³/mol. The van der Waals surface area contributed by atoms with E-state index in [0.717, 1.165) is 22.1 Å². The van der Waals surface area contributed by atoms with Gasteiger partial charge in [-0.2, -0.15) is 0 Å². The smallest absolute Gasteiger partial charge is 0.253 e. The average molecular weight is 401 g/mol. The number of fused-ring (bicyclic) bond motifs is 1. The molecule has 1 amide bonds. The first kappa shape index (κ1) is 18.6. The fraction of sp³-hybridized carbons (Fsp3) is 0.300. The molecule has 1 N–H and O–H groups in total. The molecule has 0 spiro atoms. The minimum atomic E-state index is -0.332. The monoisotopic (exact) mass is 401 g/mol. The molecule has 1 aliphatic rings. The van der Waals surface area contributed by atoms with Crippen LogP contribution in [0.15, 0.2) is 29.8 Å². The molecule has 6 nitrogen and oxygen atoms in total. The summed E-state index contributed by atoms with van der Waals surface area (Å²) in [5.74, 6) is 0.162. The predicted octanol–water partition coefficient (Wildman–Crippen LogP) is 3.53. The summed E-state index contributed by atoms with van der Waals surface area (Å²) in [5.41, 5.74) is 3.82. The van der Waals surface area contributed by atoms with E-state index in [2.05, 4.69) is 10.3 Å². The maximum absolute atomic E-state index is 13.8. The molecule has 0 saturated carbocycles. The van der Waals surface area contributed by atoms with Crippen LogP contribution in [0, 0.1) is 19.7 Å². The third kappa shape index (κ3) is 3.53. The minimum Gasteiger partial charge on any atom is -0.467 e. The van der Waals surface area contributed by atoms with Crippen LogP contribution in [0.4, 0.5) is 4.39 Å². The number of thiazole rings is 1. The van der Waals surface area contributed by atoms with Crippen molar-refractivity contribution in [2.75, 3.05) is 13.3 Å². The molecule has 4 rings (SSSR count). The number of ether oxygens (including phenoxy) is 2. The Morgan fingerprint density at radius 3 is 3.00 bits per heavy atom. The number of carbonyl (C=O) groups is 1. The van der Waals surface area contributed by atoms with Crippen molar-refractivity contribution in [3.63, 3.8) is 0 Å². The zero-order valence-electron chi connectivity index (χ0n) is 15.6. The molecular formula is C20H20FN3O3S. The number of aromatic nitrogens is 2. The molecule has 0 atom stereocenters.